The molecule has 1 fully saturated rings. The van der Waals surface area contributed by atoms with Gasteiger partial charge in [0.25, 0.3) is 11.1 Å². The molecule has 1 aromatic rings. The monoisotopic (exact) mass is 298 g/mol. The molecule has 1 heterocycles. The Balaban J connectivity index is 2.24. The summed E-state index contributed by atoms with van der Waals surface area (Å²) in [6.45, 7) is 1.81. The molecule has 0 saturated carbocycles. The SMILES string of the molecule is Cc1ccccc1N1C(=O)SC(NC(=O)CCl)C1=O. The van der Waals surface area contributed by atoms with Crippen LogP contribution in [0.2, 0.25) is 0 Å². The summed E-state index contributed by atoms with van der Waals surface area (Å²) in [5.41, 5.74) is 1.35. The topological polar surface area (TPSA) is 66.5 Å². The lowest BCUT2D eigenvalue weighted by Crippen LogP contribution is -2.41. The van der Waals surface area contributed by atoms with Gasteiger partial charge in [-0.05, 0) is 30.3 Å². The minimum atomic E-state index is -0.904. The van der Waals surface area contributed by atoms with Gasteiger partial charge in [0.1, 0.15) is 5.88 Å². The summed E-state index contributed by atoms with van der Waals surface area (Å²) < 4.78 is 0. The molecule has 1 N–H and O–H groups in total. The predicted molar refractivity (Wildman–Crippen MR) is 74.3 cm³/mol. The van der Waals surface area contributed by atoms with E-state index in [0.717, 1.165) is 22.2 Å². The second-order valence-corrected chi connectivity index (χ2v) is 5.25. The molecule has 1 atom stereocenters. The number of rotatable bonds is 3. The molecular weight excluding hydrogens is 288 g/mol. The van der Waals surface area contributed by atoms with Gasteiger partial charge in [-0.25, -0.2) is 4.90 Å². The standard InChI is InChI=1S/C12H11ClN2O3S/c1-7-4-2-3-5-8(7)15-11(17)10(19-12(15)18)14-9(16)6-13/h2-5,10H,6H2,1H3,(H,14,16). The minimum absolute atomic E-state index is 0.247. The van der Waals surface area contributed by atoms with Crippen molar-refractivity contribution in [2.75, 3.05) is 10.8 Å². The zero-order valence-corrected chi connectivity index (χ0v) is 11.6. The van der Waals surface area contributed by atoms with Gasteiger partial charge in [0.05, 0.1) is 5.69 Å². The van der Waals surface area contributed by atoms with E-state index in [4.69, 9.17) is 11.6 Å². The number of hydrogen-bond acceptors (Lipinski definition) is 4. The molecule has 1 aromatic carbocycles. The Labute approximate surface area is 119 Å². The summed E-state index contributed by atoms with van der Waals surface area (Å²) in [7, 11) is 0. The van der Waals surface area contributed by atoms with Gasteiger partial charge in [-0.15, -0.1) is 11.6 Å². The molecule has 1 saturated heterocycles. The summed E-state index contributed by atoms with van der Waals surface area (Å²) in [5.74, 6) is -1.18. The first-order valence-corrected chi connectivity index (χ1v) is 6.91. The third kappa shape index (κ3) is 2.74. The fourth-order valence-electron chi connectivity index (χ4n) is 1.72. The molecule has 19 heavy (non-hydrogen) atoms. The maximum absolute atomic E-state index is 12.1. The van der Waals surface area contributed by atoms with Gasteiger partial charge in [0.2, 0.25) is 5.91 Å². The van der Waals surface area contributed by atoms with Crippen LogP contribution in [0.4, 0.5) is 10.5 Å². The van der Waals surface area contributed by atoms with Gasteiger partial charge in [-0.2, -0.15) is 0 Å². The van der Waals surface area contributed by atoms with Gasteiger partial charge in [0.15, 0.2) is 5.37 Å². The van der Waals surface area contributed by atoms with Crippen molar-refractivity contribution in [2.24, 2.45) is 0 Å². The second-order valence-electron chi connectivity index (χ2n) is 3.93. The molecule has 1 unspecified atom stereocenters. The van der Waals surface area contributed by atoms with Crippen molar-refractivity contribution in [2.45, 2.75) is 12.3 Å². The van der Waals surface area contributed by atoms with E-state index in [1.807, 2.05) is 19.1 Å². The molecule has 100 valence electrons. The molecule has 0 radical (unpaired) electrons. The predicted octanol–water partition coefficient (Wildman–Crippen LogP) is 1.88. The first kappa shape index (κ1) is 13.9. The van der Waals surface area contributed by atoms with Crippen LogP contribution in [0.5, 0.6) is 0 Å². The fraction of sp³-hybridized carbons (Fsp3) is 0.250. The van der Waals surface area contributed by atoms with E-state index in [1.165, 1.54) is 0 Å². The number of imide groups is 1. The van der Waals surface area contributed by atoms with E-state index in [-0.39, 0.29) is 5.88 Å². The third-order valence-electron chi connectivity index (χ3n) is 2.62. The number of thioether (sulfide) groups is 1. The average Bonchev–Trinajstić information content (AvgIpc) is 2.65. The molecule has 7 heteroatoms. The molecule has 0 spiro atoms. The van der Waals surface area contributed by atoms with Crippen LogP contribution in [0.1, 0.15) is 5.56 Å². The number of para-hydroxylation sites is 1. The second kappa shape index (κ2) is 5.63. The lowest BCUT2D eigenvalue weighted by atomic mass is 10.2. The number of aryl methyl sites for hydroxylation is 1. The van der Waals surface area contributed by atoms with Gasteiger partial charge >= 0.3 is 0 Å². The summed E-state index contributed by atoms with van der Waals surface area (Å²) in [4.78, 5) is 36.3. The van der Waals surface area contributed by atoms with Crippen LogP contribution in [0.15, 0.2) is 24.3 Å². The van der Waals surface area contributed by atoms with E-state index in [0.29, 0.717) is 5.69 Å². The van der Waals surface area contributed by atoms with Crippen molar-refractivity contribution in [1.29, 1.82) is 0 Å². The first-order valence-electron chi connectivity index (χ1n) is 5.50. The summed E-state index contributed by atoms with van der Waals surface area (Å²) in [6, 6.07) is 7.07. The van der Waals surface area contributed by atoms with Crippen LogP contribution in [-0.2, 0) is 9.59 Å². The van der Waals surface area contributed by atoms with Crippen molar-refractivity contribution < 1.29 is 14.4 Å². The number of hydrogen-bond donors (Lipinski definition) is 1. The maximum atomic E-state index is 12.1. The number of nitrogens with zero attached hydrogens (tertiary/aromatic N) is 1. The molecule has 0 aromatic heterocycles. The van der Waals surface area contributed by atoms with Crippen molar-refractivity contribution >= 4 is 46.1 Å². The Morgan fingerprint density at radius 3 is 2.74 bits per heavy atom. The van der Waals surface area contributed by atoms with Gasteiger partial charge in [-0.1, -0.05) is 18.2 Å². The van der Waals surface area contributed by atoms with Crippen LogP contribution < -0.4 is 10.2 Å². The molecule has 0 aliphatic carbocycles. The van der Waals surface area contributed by atoms with E-state index < -0.39 is 22.4 Å². The van der Waals surface area contributed by atoms with Crippen LogP contribution in [0.25, 0.3) is 0 Å². The smallest absolute Gasteiger partial charge is 0.295 e. The van der Waals surface area contributed by atoms with Gasteiger partial charge in [-0.3, -0.25) is 14.4 Å². The zero-order chi connectivity index (χ0) is 14.0. The number of carbonyl (C=O) groups is 3. The molecule has 1 aliphatic rings. The number of nitrogens with one attached hydrogen (secondary N) is 1. The van der Waals surface area contributed by atoms with Crippen LogP contribution in [-0.4, -0.2) is 28.3 Å². The fourth-order valence-corrected chi connectivity index (χ4v) is 2.69. The van der Waals surface area contributed by atoms with E-state index >= 15 is 0 Å². The highest BCUT2D eigenvalue weighted by Gasteiger charge is 2.41. The summed E-state index contributed by atoms with van der Waals surface area (Å²) >= 11 is 6.14. The highest BCUT2D eigenvalue weighted by atomic mass is 35.5. The zero-order valence-electron chi connectivity index (χ0n) is 10.1. The molecule has 5 nitrogen and oxygen atoms in total. The highest BCUT2D eigenvalue weighted by Crippen LogP contribution is 2.32. The third-order valence-corrected chi connectivity index (χ3v) is 3.80. The van der Waals surface area contributed by atoms with Crippen molar-refractivity contribution in [1.82, 2.24) is 5.32 Å². The Morgan fingerprint density at radius 1 is 1.42 bits per heavy atom. The Hall–Kier alpha value is -1.53. The summed E-state index contributed by atoms with van der Waals surface area (Å²) in [5, 5.41) is 1.10. The van der Waals surface area contributed by atoms with E-state index in [2.05, 4.69) is 5.32 Å². The number of alkyl halides is 1. The number of amides is 3. The largest absolute Gasteiger partial charge is 0.335 e. The van der Waals surface area contributed by atoms with Crippen molar-refractivity contribution in [3.8, 4) is 0 Å². The summed E-state index contributed by atoms with van der Waals surface area (Å²) in [6.07, 6.45) is 0. The minimum Gasteiger partial charge on any atom is -0.335 e. The average molecular weight is 299 g/mol. The number of carbonyl (C=O) groups excluding carboxylic acids is 3. The van der Waals surface area contributed by atoms with E-state index in [1.54, 1.807) is 12.1 Å². The lowest BCUT2D eigenvalue weighted by Gasteiger charge is -2.16. The molecule has 0 bridgehead atoms. The number of anilines is 1. The van der Waals surface area contributed by atoms with Crippen molar-refractivity contribution in [3.63, 3.8) is 0 Å². The van der Waals surface area contributed by atoms with Crippen molar-refractivity contribution in [3.05, 3.63) is 29.8 Å². The highest BCUT2D eigenvalue weighted by molar-refractivity contribution is 8.15. The maximum Gasteiger partial charge on any atom is 0.295 e. The number of benzene rings is 1. The Morgan fingerprint density at radius 2 is 2.11 bits per heavy atom. The van der Waals surface area contributed by atoms with Crippen LogP contribution in [0, 0.1) is 6.92 Å². The first-order chi connectivity index (χ1) is 9.04. The Bertz CT molecular complexity index is 550. The molecule has 2 rings (SSSR count). The number of halogens is 1. The molecule has 3 amide bonds. The molecule has 1 aliphatic heterocycles. The lowest BCUT2D eigenvalue weighted by molar-refractivity contribution is -0.123. The quantitative estimate of drug-likeness (QED) is 0.865. The Kier molecular flexibility index (Phi) is 4.11. The molecular formula is C12H11ClN2O3S. The van der Waals surface area contributed by atoms with E-state index in [9.17, 15) is 14.4 Å². The van der Waals surface area contributed by atoms with Crippen LogP contribution >= 0.6 is 23.4 Å². The normalized spacial score (nSPS) is 18.8. The van der Waals surface area contributed by atoms with Crippen LogP contribution in [0.3, 0.4) is 0 Å². The van der Waals surface area contributed by atoms with Gasteiger partial charge < -0.3 is 5.32 Å². The van der Waals surface area contributed by atoms with Gasteiger partial charge in [0, 0.05) is 0 Å².